The van der Waals surface area contributed by atoms with Gasteiger partial charge in [0.2, 0.25) is 0 Å². The predicted molar refractivity (Wildman–Crippen MR) is 61.6 cm³/mol. The molecule has 0 bridgehead atoms. The molecule has 1 heterocycles. The van der Waals surface area contributed by atoms with E-state index in [1.807, 2.05) is 0 Å². The summed E-state index contributed by atoms with van der Waals surface area (Å²) in [6.45, 7) is 0. The van der Waals surface area contributed by atoms with E-state index in [4.69, 9.17) is 11.6 Å². The monoisotopic (exact) mass is 326 g/mol. The lowest BCUT2D eigenvalue weighted by Crippen LogP contribution is -2.08. The summed E-state index contributed by atoms with van der Waals surface area (Å²) in [4.78, 5) is 2.90. The summed E-state index contributed by atoms with van der Waals surface area (Å²) in [6.07, 6.45) is -4.81. The number of hydrogen-bond donors (Lipinski definition) is 0. The first-order valence-corrected chi connectivity index (χ1v) is 7.09. The Morgan fingerprint density at radius 2 is 1.80 bits per heavy atom. The van der Waals surface area contributed by atoms with Crippen LogP contribution >= 0.6 is 11.6 Å². The summed E-state index contributed by atoms with van der Waals surface area (Å²) in [5.74, 6) is -2.94. The zero-order valence-corrected chi connectivity index (χ0v) is 11.1. The Hall–Kier alpha value is -1.61. The lowest BCUT2D eigenvalue weighted by Gasteiger charge is -2.01. The molecule has 0 unspecified atom stereocenters. The summed E-state index contributed by atoms with van der Waals surface area (Å²) in [5.41, 5.74) is 0. The molecule has 2 aromatic rings. The first-order valence-electron chi connectivity index (χ1n) is 5.06. The molecule has 0 N–H and O–H groups in total. The molecule has 1 aromatic carbocycles. The fourth-order valence-electron chi connectivity index (χ4n) is 1.32. The molecule has 0 aliphatic rings. The SMILES string of the molecule is O=S(=O)(Cc1noc(C(F)(F)F)n1)c1ccc(Cl)cc1. The molecule has 0 saturated heterocycles. The van der Waals surface area contributed by atoms with E-state index >= 15 is 0 Å². The van der Waals surface area contributed by atoms with Crippen LogP contribution in [-0.4, -0.2) is 18.6 Å². The van der Waals surface area contributed by atoms with Crippen molar-refractivity contribution in [1.29, 1.82) is 0 Å². The van der Waals surface area contributed by atoms with Gasteiger partial charge in [-0.25, -0.2) is 8.42 Å². The summed E-state index contributed by atoms with van der Waals surface area (Å²) in [7, 11) is -3.87. The van der Waals surface area contributed by atoms with Gasteiger partial charge in [0.25, 0.3) is 0 Å². The Kier molecular flexibility index (Phi) is 3.74. The molecule has 0 radical (unpaired) electrons. The summed E-state index contributed by atoms with van der Waals surface area (Å²) >= 11 is 5.62. The van der Waals surface area contributed by atoms with Crippen LogP contribution in [0.5, 0.6) is 0 Å². The average Bonchev–Trinajstić information content (AvgIpc) is 2.77. The van der Waals surface area contributed by atoms with E-state index in [9.17, 15) is 21.6 Å². The number of nitrogens with zero attached hydrogens (tertiary/aromatic N) is 2. The van der Waals surface area contributed by atoms with Crippen molar-refractivity contribution in [2.24, 2.45) is 0 Å². The largest absolute Gasteiger partial charge is 0.471 e. The third-order valence-electron chi connectivity index (χ3n) is 2.20. The van der Waals surface area contributed by atoms with Crippen LogP contribution < -0.4 is 0 Å². The molecule has 0 amide bonds. The molecule has 5 nitrogen and oxygen atoms in total. The van der Waals surface area contributed by atoms with Crippen molar-refractivity contribution in [1.82, 2.24) is 10.1 Å². The van der Waals surface area contributed by atoms with Crippen molar-refractivity contribution in [3.8, 4) is 0 Å². The van der Waals surface area contributed by atoms with Crippen LogP contribution in [0.25, 0.3) is 0 Å². The lowest BCUT2D eigenvalue weighted by atomic mass is 10.4. The van der Waals surface area contributed by atoms with Gasteiger partial charge in [0.15, 0.2) is 15.7 Å². The van der Waals surface area contributed by atoms with Gasteiger partial charge in [-0.1, -0.05) is 16.8 Å². The second kappa shape index (κ2) is 5.06. The molecule has 0 atom stereocenters. The quantitative estimate of drug-likeness (QED) is 0.867. The van der Waals surface area contributed by atoms with Gasteiger partial charge in [0.05, 0.1) is 4.90 Å². The van der Waals surface area contributed by atoms with Gasteiger partial charge >= 0.3 is 12.1 Å². The number of alkyl halides is 3. The van der Waals surface area contributed by atoms with Gasteiger partial charge < -0.3 is 4.52 Å². The standard InChI is InChI=1S/C10H6ClF3N2O3S/c11-6-1-3-7(4-2-6)20(17,18)5-8-15-9(19-16-8)10(12,13)14/h1-4H,5H2. The molecule has 0 aliphatic carbocycles. The van der Waals surface area contributed by atoms with Crippen molar-refractivity contribution < 1.29 is 26.1 Å². The summed E-state index contributed by atoms with van der Waals surface area (Å²) in [6, 6.07) is 5.18. The highest BCUT2D eigenvalue weighted by Crippen LogP contribution is 2.28. The van der Waals surface area contributed by atoms with Crippen molar-refractivity contribution >= 4 is 21.4 Å². The van der Waals surface area contributed by atoms with Gasteiger partial charge in [0.1, 0.15) is 5.75 Å². The van der Waals surface area contributed by atoms with Crippen LogP contribution in [0.2, 0.25) is 5.02 Å². The molecular weight excluding hydrogens is 321 g/mol. The third-order valence-corrected chi connectivity index (χ3v) is 4.08. The Bertz CT molecular complexity index is 710. The average molecular weight is 327 g/mol. The van der Waals surface area contributed by atoms with E-state index in [2.05, 4.69) is 14.7 Å². The van der Waals surface area contributed by atoms with E-state index < -0.39 is 33.5 Å². The van der Waals surface area contributed by atoms with Gasteiger partial charge in [-0.15, -0.1) is 0 Å². The highest BCUT2D eigenvalue weighted by Gasteiger charge is 2.38. The molecule has 1 aromatic heterocycles. The molecule has 0 saturated carbocycles. The maximum Gasteiger partial charge on any atom is 0.471 e. The highest BCUT2D eigenvalue weighted by molar-refractivity contribution is 7.90. The van der Waals surface area contributed by atoms with E-state index in [1.54, 1.807) is 0 Å². The van der Waals surface area contributed by atoms with Crippen molar-refractivity contribution in [2.75, 3.05) is 0 Å². The summed E-state index contributed by atoms with van der Waals surface area (Å²) in [5, 5.41) is 3.34. The van der Waals surface area contributed by atoms with Crippen LogP contribution in [0.15, 0.2) is 33.7 Å². The van der Waals surface area contributed by atoms with E-state index in [0.29, 0.717) is 5.02 Å². The van der Waals surface area contributed by atoms with E-state index in [0.717, 1.165) is 0 Å². The van der Waals surface area contributed by atoms with E-state index in [1.165, 1.54) is 24.3 Å². The van der Waals surface area contributed by atoms with Crippen LogP contribution in [0.4, 0.5) is 13.2 Å². The highest BCUT2D eigenvalue weighted by atomic mass is 35.5. The molecular formula is C10H6ClF3N2O3S. The minimum atomic E-state index is -4.81. The number of sulfone groups is 1. The molecule has 108 valence electrons. The van der Waals surface area contributed by atoms with Gasteiger partial charge in [0, 0.05) is 5.02 Å². The Balaban J connectivity index is 2.25. The van der Waals surface area contributed by atoms with Gasteiger partial charge in [-0.2, -0.15) is 18.2 Å². The molecule has 0 spiro atoms. The third kappa shape index (κ3) is 3.28. The van der Waals surface area contributed by atoms with E-state index in [-0.39, 0.29) is 4.90 Å². The van der Waals surface area contributed by atoms with Crippen molar-refractivity contribution in [3.63, 3.8) is 0 Å². The minimum absolute atomic E-state index is 0.0970. The predicted octanol–water partition coefficient (Wildman–Crippen LogP) is 2.72. The number of halogens is 4. The van der Waals surface area contributed by atoms with Crippen LogP contribution in [0, 0.1) is 0 Å². The topological polar surface area (TPSA) is 73.1 Å². The maximum atomic E-state index is 12.2. The van der Waals surface area contributed by atoms with Crippen LogP contribution in [0.1, 0.15) is 11.7 Å². The zero-order chi connectivity index (χ0) is 15.0. The normalized spacial score (nSPS) is 12.6. The molecule has 0 aliphatic heterocycles. The van der Waals surface area contributed by atoms with Crippen molar-refractivity contribution in [3.05, 3.63) is 41.0 Å². The first-order chi connectivity index (χ1) is 9.18. The molecule has 0 fully saturated rings. The van der Waals surface area contributed by atoms with Gasteiger partial charge in [-0.3, -0.25) is 0 Å². The number of hydrogen-bond acceptors (Lipinski definition) is 5. The number of aromatic nitrogens is 2. The van der Waals surface area contributed by atoms with Crippen LogP contribution in [0.3, 0.4) is 0 Å². The van der Waals surface area contributed by atoms with Crippen LogP contribution in [-0.2, 0) is 21.8 Å². The number of benzene rings is 1. The second-order valence-corrected chi connectivity index (χ2v) is 6.15. The molecule has 2 rings (SSSR count). The Morgan fingerprint density at radius 3 is 2.30 bits per heavy atom. The molecule has 20 heavy (non-hydrogen) atoms. The van der Waals surface area contributed by atoms with Gasteiger partial charge in [-0.05, 0) is 24.3 Å². The fourth-order valence-corrected chi connectivity index (χ4v) is 2.62. The Labute approximate surface area is 116 Å². The first kappa shape index (κ1) is 14.8. The minimum Gasteiger partial charge on any atom is -0.329 e. The number of rotatable bonds is 3. The zero-order valence-electron chi connectivity index (χ0n) is 9.56. The Morgan fingerprint density at radius 1 is 1.20 bits per heavy atom. The lowest BCUT2D eigenvalue weighted by molar-refractivity contribution is -0.159. The fraction of sp³-hybridized carbons (Fsp3) is 0.200. The second-order valence-electron chi connectivity index (χ2n) is 3.73. The summed E-state index contributed by atoms with van der Waals surface area (Å²) < 4.78 is 64.5. The maximum absolute atomic E-state index is 12.2. The smallest absolute Gasteiger partial charge is 0.329 e. The molecule has 10 heteroatoms. The van der Waals surface area contributed by atoms with Crippen molar-refractivity contribution in [2.45, 2.75) is 16.8 Å².